The number of nitrogens with zero attached hydrogens (tertiary/aromatic N) is 1. The van der Waals surface area contributed by atoms with E-state index in [0.29, 0.717) is 19.3 Å². The minimum absolute atomic E-state index is 0.0995. The van der Waals surface area contributed by atoms with Crippen molar-refractivity contribution >= 4 is 17.9 Å². The summed E-state index contributed by atoms with van der Waals surface area (Å²) >= 11 is 0. The maximum Gasteiger partial charge on any atom is 0.414 e. The molecule has 2 aliphatic heterocycles. The van der Waals surface area contributed by atoms with Gasteiger partial charge in [-0.15, -0.1) is 0 Å². The second-order valence-corrected chi connectivity index (χ2v) is 6.93. The molecule has 0 bridgehead atoms. The van der Waals surface area contributed by atoms with E-state index < -0.39 is 6.09 Å². The van der Waals surface area contributed by atoms with Gasteiger partial charge >= 0.3 is 6.09 Å². The van der Waals surface area contributed by atoms with Crippen LogP contribution in [0.15, 0.2) is 5.16 Å². The van der Waals surface area contributed by atoms with E-state index in [0.717, 1.165) is 19.3 Å². The molecule has 7 heteroatoms. The third kappa shape index (κ3) is 5.54. The molecule has 2 rings (SSSR count). The van der Waals surface area contributed by atoms with Crippen LogP contribution in [-0.2, 0) is 14.4 Å². The summed E-state index contributed by atoms with van der Waals surface area (Å²) in [7, 11) is 0. The largest absolute Gasteiger partial charge is 0.414 e. The number of oxime groups is 1. The maximum atomic E-state index is 11.7. The number of alkyl carbamates (subject to hydrolysis) is 1. The van der Waals surface area contributed by atoms with Crippen LogP contribution in [0.3, 0.4) is 0 Å². The number of rotatable bonds is 2. The maximum absolute atomic E-state index is 11.7. The molecule has 2 N–H and O–H groups in total. The SMILES string of the molecule is CC(C)(C)NC(=O)OC1=NOC(CC2CCCCC(=O)N2)C1. The van der Waals surface area contributed by atoms with Crippen molar-refractivity contribution in [3.05, 3.63) is 0 Å². The summed E-state index contributed by atoms with van der Waals surface area (Å²) in [5.74, 6) is 0.383. The van der Waals surface area contributed by atoms with Gasteiger partial charge < -0.3 is 20.2 Å². The smallest absolute Gasteiger partial charge is 0.392 e. The van der Waals surface area contributed by atoms with Crippen molar-refractivity contribution in [3.8, 4) is 0 Å². The van der Waals surface area contributed by atoms with Gasteiger partial charge in [-0.05, 0) is 33.6 Å². The van der Waals surface area contributed by atoms with Crippen molar-refractivity contribution in [2.45, 2.75) is 77.0 Å². The van der Waals surface area contributed by atoms with Gasteiger partial charge in [0.2, 0.25) is 11.8 Å². The standard InChI is InChI=1S/C15H25N3O4/c1-15(2,3)17-14(20)21-13-9-11(22-18-13)8-10-6-4-5-7-12(19)16-10/h10-11H,4-9H2,1-3H3,(H,16,19)(H,17,20). The minimum atomic E-state index is -0.529. The van der Waals surface area contributed by atoms with Gasteiger partial charge in [-0.2, -0.15) is 0 Å². The molecule has 2 amide bonds. The highest BCUT2D eigenvalue weighted by Gasteiger charge is 2.29. The number of carbonyl (C=O) groups is 2. The monoisotopic (exact) mass is 311 g/mol. The number of ether oxygens (including phenoxy) is 1. The molecule has 7 nitrogen and oxygen atoms in total. The summed E-state index contributed by atoms with van der Waals surface area (Å²) in [6.07, 6.45) is 3.97. The van der Waals surface area contributed by atoms with Crippen LogP contribution < -0.4 is 10.6 Å². The Morgan fingerprint density at radius 1 is 1.45 bits per heavy atom. The van der Waals surface area contributed by atoms with E-state index in [1.165, 1.54) is 0 Å². The first-order chi connectivity index (χ1) is 10.3. The molecule has 2 heterocycles. The molecule has 124 valence electrons. The van der Waals surface area contributed by atoms with Gasteiger partial charge in [-0.25, -0.2) is 4.79 Å². The highest BCUT2D eigenvalue weighted by Crippen LogP contribution is 2.20. The Bertz CT molecular complexity index is 456. The first-order valence-electron chi connectivity index (χ1n) is 7.84. The number of nitrogens with one attached hydrogen (secondary N) is 2. The minimum Gasteiger partial charge on any atom is -0.392 e. The molecule has 2 aliphatic rings. The van der Waals surface area contributed by atoms with E-state index in [4.69, 9.17) is 9.57 Å². The molecule has 0 aromatic rings. The lowest BCUT2D eigenvalue weighted by Crippen LogP contribution is -2.41. The van der Waals surface area contributed by atoms with Crippen molar-refractivity contribution in [1.29, 1.82) is 0 Å². The Hall–Kier alpha value is -1.79. The zero-order chi connectivity index (χ0) is 16.2. The van der Waals surface area contributed by atoms with Crippen LogP contribution in [0.2, 0.25) is 0 Å². The van der Waals surface area contributed by atoms with Crippen molar-refractivity contribution in [2.75, 3.05) is 0 Å². The van der Waals surface area contributed by atoms with Crippen molar-refractivity contribution in [2.24, 2.45) is 5.16 Å². The van der Waals surface area contributed by atoms with Crippen molar-refractivity contribution < 1.29 is 19.2 Å². The van der Waals surface area contributed by atoms with Crippen LogP contribution >= 0.6 is 0 Å². The predicted molar refractivity (Wildman–Crippen MR) is 81.3 cm³/mol. The van der Waals surface area contributed by atoms with Crippen molar-refractivity contribution in [1.82, 2.24) is 10.6 Å². The first-order valence-corrected chi connectivity index (χ1v) is 7.84. The van der Waals surface area contributed by atoms with Crippen LogP contribution in [0.5, 0.6) is 0 Å². The van der Waals surface area contributed by atoms with Gasteiger partial charge in [-0.1, -0.05) is 11.6 Å². The highest BCUT2D eigenvalue weighted by molar-refractivity contribution is 5.88. The molecule has 22 heavy (non-hydrogen) atoms. The third-order valence-corrected chi connectivity index (χ3v) is 3.51. The van der Waals surface area contributed by atoms with Gasteiger partial charge in [-0.3, -0.25) is 4.79 Å². The number of amides is 2. The normalized spacial score (nSPS) is 25.6. The fraction of sp³-hybridized carbons (Fsp3) is 0.800. The summed E-state index contributed by atoms with van der Waals surface area (Å²) < 4.78 is 5.14. The molecular formula is C15H25N3O4. The van der Waals surface area contributed by atoms with Gasteiger partial charge in [0.15, 0.2) is 0 Å². The zero-order valence-electron chi connectivity index (χ0n) is 13.5. The second kappa shape index (κ2) is 6.98. The molecule has 0 radical (unpaired) electrons. The third-order valence-electron chi connectivity index (χ3n) is 3.51. The quantitative estimate of drug-likeness (QED) is 0.817. The Kier molecular flexibility index (Phi) is 5.26. The van der Waals surface area contributed by atoms with Crippen LogP contribution in [-0.4, -0.2) is 35.6 Å². The van der Waals surface area contributed by atoms with Gasteiger partial charge in [0.1, 0.15) is 6.10 Å². The predicted octanol–water partition coefficient (Wildman–Crippen LogP) is 2.06. The lowest BCUT2D eigenvalue weighted by molar-refractivity contribution is -0.121. The van der Waals surface area contributed by atoms with Crippen LogP contribution in [0.1, 0.15) is 59.3 Å². The number of carbonyl (C=O) groups excluding carboxylic acids is 2. The Morgan fingerprint density at radius 3 is 2.95 bits per heavy atom. The molecular weight excluding hydrogens is 286 g/mol. The zero-order valence-corrected chi connectivity index (χ0v) is 13.5. The lowest BCUT2D eigenvalue weighted by Gasteiger charge is -2.19. The highest BCUT2D eigenvalue weighted by atomic mass is 16.7. The Morgan fingerprint density at radius 2 is 2.23 bits per heavy atom. The number of hydrogen-bond acceptors (Lipinski definition) is 5. The molecule has 0 saturated carbocycles. The average molecular weight is 311 g/mol. The molecule has 1 saturated heterocycles. The van der Waals surface area contributed by atoms with E-state index >= 15 is 0 Å². The fourth-order valence-corrected chi connectivity index (χ4v) is 2.57. The van der Waals surface area contributed by atoms with Gasteiger partial charge in [0.05, 0.1) is 6.42 Å². The molecule has 1 fully saturated rings. The van der Waals surface area contributed by atoms with Gasteiger partial charge in [0.25, 0.3) is 0 Å². The molecule has 2 unspecified atom stereocenters. The molecule has 0 aromatic carbocycles. The van der Waals surface area contributed by atoms with E-state index in [1.807, 2.05) is 20.8 Å². The summed E-state index contributed by atoms with van der Waals surface area (Å²) in [5.41, 5.74) is -0.360. The van der Waals surface area contributed by atoms with E-state index in [9.17, 15) is 9.59 Å². The average Bonchev–Trinajstić information content (AvgIpc) is 2.68. The van der Waals surface area contributed by atoms with Crippen LogP contribution in [0, 0.1) is 0 Å². The van der Waals surface area contributed by atoms with Crippen molar-refractivity contribution in [3.63, 3.8) is 0 Å². The summed E-state index contributed by atoms with van der Waals surface area (Å²) in [6, 6.07) is 0.109. The fourth-order valence-electron chi connectivity index (χ4n) is 2.57. The van der Waals surface area contributed by atoms with Crippen LogP contribution in [0.25, 0.3) is 0 Å². The molecule has 2 atom stereocenters. The van der Waals surface area contributed by atoms with Crippen LogP contribution in [0.4, 0.5) is 4.79 Å². The summed E-state index contributed by atoms with van der Waals surface area (Å²) in [4.78, 5) is 28.5. The summed E-state index contributed by atoms with van der Waals surface area (Å²) in [5, 5.41) is 9.52. The molecule has 0 aromatic heterocycles. The Balaban J connectivity index is 1.74. The van der Waals surface area contributed by atoms with E-state index in [1.54, 1.807) is 0 Å². The first kappa shape index (κ1) is 16.6. The molecule has 0 spiro atoms. The van der Waals surface area contributed by atoms with Gasteiger partial charge in [0, 0.05) is 24.4 Å². The van der Waals surface area contributed by atoms with E-state index in [-0.39, 0.29) is 29.5 Å². The summed E-state index contributed by atoms with van der Waals surface area (Å²) in [6.45, 7) is 5.62. The lowest BCUT2D eigenvalue weighted by atomic mass is 10.0. The molecule has 0 aliphatic carbocycles. The second-order valence-electron chi connectivity index (χ2n) is 6.93. The number of hydrogen-bond donors (Lipinski definition) is 2. The Labute approximate surface area is 130 Å². The van der Waals surface area contributed by atoms with E-state index in [2.05, 4.69) is 15.8 Å². The topological polar surface area (TPSA) is 89.0 Å².